The van der Waals surface area contributed by atoms with Crippen LogP contribution in [0.5, 0.6) is 0 Å². The maximum absolute atomic E-state index is 8.60. The summed E-state index contributed by atoms with van der Waals surface area (Å²) in [5.74, 6) is 0. The van der Waals surface area contributed by atoms with Gasteiger partial charge >= 0.3 is 0 Å². The molecule has 0 fully saturated rings. The van der Waals surface area contributed by atoms with Crippen LogP contribution in [0, 0.1) is 18.3 Å². The predicted octanol–water partition coefficient (Wildman–Crippen LogP) is 2.34. The van der Waals surface area contributed by atoms with Crippen molar-refractivity contribution in [1.82, 2.24) is 4.90 Å². The predicted molar refractivity (Wildman–Crippen MR) is 57.7 cm³/mol. The summed E-state index contributed by atoms with van der Waals surface area (Å²) < 4.78 is 0. The van der Waals surface area contributed by atoms with Crippen LogP contribution in [0.3, 0.4) is 0 Å². The lowest BCUT2D eigenvalue weighted by Gasteiger charge is -2.16. The topological polar surface area (TPSA) is 27.0 Å². The highest BCUT2D eigenvalue weighted by atomic mass is 15.1. The lowest BCUT2D eigenvalue weighted by molar-refractivity contribution is 0.315. The fraction of sp³-hybridized carbons (Fsp3) is 0.417. The maximum atomic E-state index is 8.60. The van der Waals surface area contributed by atoms with Crippen LogP contribution in [-0.2, 0) is 6.54 Å². The molecule has 0 aromatic heterocycles. The second-order valence-electron chi connectivity index (χ2n) is 3.45. The fourth-order valence-corrected chi connectivity index (χ4v) is 1.33. The van der Waals surface area contributed by atoms with E-state index in [9.17, 15) is 0 Å². The smallest absolute Gasteiger partial charge is 0.0868 e. The Balaban J connectivity index is 2.59. The third-order valence-electron chi connectivity index (χ3n) is 2.27. The molecule has 0 N–H and O–H groups in total. The Bertz CT molecular complexity index is 308. The first-order valence-corrected chi connectivity index (χ1v) is 4.91. The first-order valence-electron chi connectivity index (χ1n) is 4.91. The second kappa shape index (κ2) is 5.41. The number of hydrogen-bond donors (Lipinski definition) is 0. The van der Waals surface area contributed by atoms with Crippen LogP contribution >= 0.6 is 0 Å². The van der Waals surface area contributed by atoms with E-state index in [4.69, 9.17) is 5.26 Å². The van der Waals surface area contributed by atoms with Crippen molar-refractivity contribution in [3.05, 3.63) is 35.4 Å². The van der Waals surface area contributed by atoms with Gasteiger partial charge in [-0.3, -0.25) is 4.90 Å². The molecule has 0 aliphatic rings. The van der Waals surface area contributed by atoms with Crippen LogP contribution in [0.1, 0.15) is 18.1 Å². The molecular formula is C12H16N2. The molecule has 0 saturated carbocycles. The van der Waals surface area contributed by atoms with Gasteiger partial charge in [-0.2, -0.15) is 5.26 Å². The van der Waals surface area contributed by atoms with Crippen LogP contribution in [-0.4, -0.2) is 18.0 Å². The zero-order valence-corrected chi connectivity index (χ0v) is 8.83. The lowest BCUT2D eigenvalue weighted by atomic mass is 10.1. The molecule has 0 radical (unpaired) electrons. The molecule has 0 saturated heterocycles. The first-order chi connectivity index (χ1) is 6.76. The third kappa shape index (κ3) is 3.20. The molecule has 0 unspecified atom stereocenters. The van der Waals surface area contributed by atoms with Crippen LogP contribution in [0.4, 0.5) is 0 Å². The maximum Gasteiger partial charge on any atom is 0.0868 e. The van der Waals surface area contributed by atoms with Crippen LogP contribution in [0.25, 0.3) is 0 Å². The Morgan fingerprint density at radius 3 is 2.43 bits per heavy atom. The minimum Gasteiger partial charge on any atom is -0.287 e. The van der Waals surface area contributed by atoms with Crippen LogP contribution < -0.4 is 0 Å². The summed E-state index contributed by atoms with van der Waals surface area (Å²) in [5, 5.41) is 8.60. The molecule has 0 heterocycles. The van der Waals surface area contributed by atoms with E-state index >= 15 is 0 Å². The molecule has 74 valence electrons. The molecule has 0 bridgehead atoms. The van der Waals surface area contributed by atoms with E-state index in [0.29, 0.717) is 6.54 Å². The van der Waals surface area contributed by atoms with Gasteiger partial charge in [-0.05, 0) is 19.0 Å². The van der Waals surface area contributed by atoms with Gasteiger partial charge in [-0.1, -0.05) is 36.8 Å². The highest BCUT2D eigenvalue weighted by Crippen LogP contribution is 2.06. The Labute approximate surface area is 85.8 Å². The molecular weight excluding hydrogens is 172 g/mol. The van der Waals surface area contributed by atoms with Gasteiger partial charge in [0.15, 0.2) is 0 Å². The van der Waals surface area contributed by atoms with E-state index in [1.807, 2.05) is 0 Å². The van der Waals surface area contributed by atoms with Gasteiger partial charge in [0.05, 0.1) is 12.6 Å². The monoisotopic (exact) mass is 188 g/mol. The fourth-order valence-electron chi connectivity index (χ4n) is 1.33. The van der Waals surface area contributed by atoms with Crippen molar-refractivity contribution in [3.8, 4) is 6.07 Å². The quantitative estimate of drug-likeness (QED) is 0.678. The summed E-state index contributed by atoms with van der Waals surface area (Å²) in [5.41, 5.74) is 2.55. The van der Waals surface area contributed by atoms with Crippen molar-refractivity contribution in [2.75, 3.05) is 13.1 Å². The first kappa shape index (κ1) is 10.7. The van der Waals surface area contributed by atoms with E-state index in [1.54, 1.807) is 0 Å². The van der Waals surface area contributed by atoms with E-state index in [0.717, 1.165) is 13.1 Å². The summed E-state index contributed by atoms with van der Waals surface area (Å²) in [6.45, 7) is 6.44. The van der Waals surface area contributed by atoms with E-state index in [1.165, 1.54) is 11.1 Å². The van der Waals surface area contributed by atoms with Gasteiger partial charge < -0.3 is 0 Å². The Kier molecular flexibility index (Phi) is 4.15. The lowest BCUT2D eigenvalue weighted by Crippen LogP contribution is -2.22. The van der Waals surface area contributed by atoms with E-state index in [-0.39, 0.29) is 0 Å². The Morgan fingerprint density at radius 1 is 1.29 bits per heavy atom. The molecule has 0 aliphatic carbocycles. The summed E-state index contributed by atoms with van der Waals surface area (Å²) in [7, 11) is 0. The van der Waals surface area contributed by atoms with Gasteiger partial charge in [-0.25, -0.2) is 0 Å². The van der Waals surface area contributed by atoms with Gasteiger partial charge in [0.2, 0.25) is 0 Å². The van der Waals surface area contributed by atoms with Gasteiger partial charge in [0.1, 0.15) is 0 Å². The van der Waals surface area contributed by atoms with Crippen LogP contribution in [0.2, 0.25) is 0 Å². The average molecular weight is 188 g/mol. The number of nitrogens with zero attached hydrogens (tertiary/aromatic N) is 2. The number of benzene rings is 1. The van der Waals surface area contributed by atoms with Crippen LogP contribution in [0.15, 0.2) is 24.3 Å². The van der Waals surface area contributed by atoms with Crippen molar-refractivity contribution in [2.45, 2.75) is 20.4 Å². The highest BCUT2D eigenvalue weighted by Gasteiger charge is 2.01. The van der Waals surface area contributed by atoms with Crippen molar-refractivity contribution in [3.63, 3.8) is 0 Å². The highest BCUT2D eigenvalue weighted by molar-refractivity contribution is 5.21. The van der Waals surface area contributed by atoms with Gasteiger partial charge in [0.25, 0.3) is 0 Å². The normalized spacial score (nSPS) is 10.1. The molecule has 1 aromatic carbocycles. The van der Waals surface area contributed by atoms with Crippen molar-refractivity contribution in [2.24, 2.45) is 0 Å². The molecule has 0 amide bonds. The average Bonchev–Trinajstić information content (AvgIpc) is 2.20. The summed E-state index contributed by atoms with van der Waals surface area (Å²) in [6.07, 6.45) is 0. The number of hydrogen-bond acceptors (Lipinski definition) is 2. The SMILES string of the molecule is CCN(CC#N)Cc1ccc(C)cc1. The zero-order chi connectivity index (χ0) is 10.4. The van der Waals surface area contributed by atoms with Crippen molar-refractivity contribution < 1.29 is 0 Å². The van der Waals surface area contributed by atoms with Gasteiger partial charge in [0, 0.05) is 6.54 Å². The standard InChI is InChI=1S/C12H16N2/c1-3-14(9-8-13)10-12-6-4-11(2)5-7-12/h4-7H,3,9-10H2,1-2H3. The summed E-state index contributed by atoms with van der Waals surface area (Å²) in [6, 6.07) is 10.6. The van der Waals surface area contributed by atoms with E-state index in [2.05, 4.69) is 49.1 Å². The summed E-state index contributed by atoms with van der Waals surface area (Å²) in [4.78, 5) is 2.12. The minimum absolute atomic E-state index is 0.504. The largest absolute Gasteiger partial charge is 0.287 e. The van der Waals surface area contributed by atoms with E-state index < -0.39 is 0 Å². The molecule has 0 atom stereocenters. The molecule has 0 spiro atoms. The summed E-state index contributed by atoms with van der Waals surface area (Å²) >= 11 is 0. The molecule has 14 heavy (non-hydrogen) atoms. The zero-order valence-electron chi connectivity index (χ0n) is 8.83. The van der Waals surface area contributed by atoms with Crippen molar-refractivity contribution >= 4 is 0 Å². The molecule has 2 nitrogen and oxygen atoms in total. The molecule has 1 aromatic rings. The third-order valence-corrected chi connectivity index (χ3v) is 2.27. The minimum atomic E-state index is 0.504. The number of aryl methyl sites for hydroxylation is 1. The molecule has 0 aliphatic heterocycles. The number of rotatable bonds is 4. The number of nitriles is 1. The Morgan fingerprint density at radius 2 is 1.93 bits per heavy atom. The van der Waals surface area contributed by atoms with Gasteiger partial charge in [-0.15, -0.1) is 0 Å². The molecule has 2 heteroatoms. The Hall–Kier alpha value is -1.33. The second-order valence-corrected chi connectivity index (χ2v) is 3.45. The molecule has 1 rings (SSSR count). The van der Waals surface area contributed by atoms with Crippen molar-refractivity contribution in [1.29, 1.82) is 5.26 Å².